The minimum atomic E-state index is -4.64. The quantitative estimate of drug-likeness (QED) is 0.802. The third kappa shape index (κ3) is 3.58. The Labute approximate surface area is 135 Å². The number of hydrogen-bond acceptors (Lipinski definition) is 6. The van der Waals surface area contributed by atoms with Gasteiger partial charge >= 0.3 is 12.1 Å². The molecule has 2 aromatic heterocycles. The summed E-state index contributed by atoms with van der Waals surface area (Å²) in [6.45, 7) is 1.43. The normalized spacial score (nSPS) is 13.1. The van der Waals surface area contributed by atoms with Crippen LogP contribution in [0.1, 0.15) is 23.7 Å². The zero-order chi connectivity index (χ0) is 17.9. The van der Waals surface area contributed by atoms with E-state index in [4.69, 9.17) is 15.2 Å². The highest BCUT2D eigenvalue weighted by Crippen LogP contribution is 2.34. The van der Waals surface area contributed by atoms with Gasteiger partial charge in [0.1, 0.15) is 11.3 Å². The Bertz CT molecular complexity index is 730. The highest BCUT2D eigenvalue weighted by atomic mass is 19.4. The van der Waals surface area contributed by atoms with Crippen molar-refractivity contribution in [3.8, 4) is 5.75 Å². The first-order valence-corrected chi connectivity index (χ1v) is 7.20. The molecule has 0 saturated heterocycles. The van der Waals surface area contributed by atoms with Crippen LogP contribution >= 0.6 is 0 Å². The van der Waals surface area contributed by atoms with E-state index in [1.54, 1.807) is 14.0 Å². The van der Waals surface area contributed by atoms with Crippen molar-refractivity contribution in [1.82, 2.24) is 14.8 Å². The van der Waals surface area contributed by atoms with E-state index in [1.165, 1.54) is 10.9 Å². The number of esters is 1. The van der Waals surface area contributed by atoms with Crippen molar-refractivity contribution in [2.45, 2.75) is 25.6 Å². The maximum Gasteiger partial charge on any atom is 0.425 e. The third-order valence-electron chi connectivity index (χ3n) is 3.26. The molecular weight excluding hydrogens is 329 g/mol. The van der Waals surface area contributed by atoms with Crippen LogP contribution in [0, 0.1) is 0 Å². The Kier molecular flexibility index (Phi) is 5.27. The predicted molar refractivity (Wildman–Crippen MR) is 78.6 cm³/mol. The zero-order valence-electron chi connectivity index (χ0n) is 13.1. The van der Waals surface area contributed by atoms with E-state index < -0.39 is 24.7 Å². The van der Waals surface area contributed by atoms with Gasteiger partial charge in [-0.3, -0.25) is 4.68 Å². The lowest BCUT2D eigenvalue weighted by Gasteiger charge is -2.22. The molecule has 132 valence electrons. The monoisotopic (exact) mass is 346 g/mol. The third-order valence-corrected chi connectivity index (χ3v) is 3.26. The van der Waals surface area contributed by atoms with Gasteiger partial charge in [0.25, 0.3) is 0 Å². The SMILES string of the molecule is CCOC(=O)c1cnc2c(cnn2C)c1O[C@@H](CCN)C(F)(F)F. The van der Waals surface area contributed by atoms with Gasteiger partial charge in [-0.1, -0.05) is 0 Å². The number of hydrogen-bond donors (Lipinski definition) is 1. The number of nitrogens with zero attached hydrogens (tertiary/aromatic N) is 3. The molecule has 0 amide bonds. The summed E-state index contributed by atoms with van der Waals surface area (Å²) in [4.78, 5) is 16.1. The Morgan fingerprint density at radius 2 is 2.12 bits per heavy atom. The molecule has 0 bridgehead atoms. The summed E-state index contributed by atoms with van der Waals surface area (Å²) >= 11 is 0. The number of alkyl halides is 3. The molecule has 0 fully saturated rings. The summed E-state index contributed by atoms with van der Waals surface area (Å²) in [5.74, 6) is -1.08. The molecule has 2 rings (SSSR count). The molecule has 0 radical (unpaired) electrons. The first-order chi connectivity index (χ1) is 11.3. The minimum Gasteiger partial charge on any atom is -0.479 e. The van der Waals surface area contributed by atoms with Gasteiger partial charge in [-0.2, -0.15) is 18.3 Å². The van der Waals surface area contributed by atoms with Crippen LogP contribution in [0.15, 0.2) is 12.4 Å². The van der Waals surface area contributed by atoms with Crippen molar-refractivity contribution in [1.29, 1.82) is 0 Å². The molecule has 10 heteroatoms. The predicted octanol–water partition coefficient (Wildman–Crippen LogP) is 1.80. The largest absolute Gasteiger partial charge is 0.479 e. The number of aryl methyl sites for hydroxylation is 1. The van der Waals surface area contributed by atoms with Crippen molar-refractivity contribution in [3.05, 3.63) is 18.0 Å². The number of ether oxygens (including phenoxy) is 2. The maximum atomic E-state index is 13.1. The van der Waals surface area contributed by atoms with Crippen LogP contribution in [0.3, 0.4) is 0 Å². The molecule has 0 aliphatic rings. The fraction of sp³-hybridized carbons (Fsp3) is 0.500. The van der Waals surface area contributed by atoms with E-state index >= 15 is 0 Å². The van der Waals surface area contributed by atoms with Gasteiger partial charge < -0.3 is 15.2 Å². The van der Waals surface area contributed by atoms with Crippen LogP contribution in [0.4, 0.5) is 13.2 Å². The number of rotatable bonds is 6. The van der Waals surface area contributed by atoms with Gasteiger partial charge in [0, 0.05) is 19.7 Å². The van der Waals surface area contributed by atoms with Gasteiger partial charge in [0.2, 0.25) is 0 Å². The number of aromatic nitrogens is 3. The first-order valence-electron chi connectivity index (χ1n) is 7.20. The van der Waals surface area contributed by atoms with E-state index in [9.17, 15) is 18.0 Å². The number of pyridine rings is 1. The Hall–Kier alpha value is -2.36. The second-order valence-corrected chi connectivity index (χ2v) is 4.95. The molecule has 1 atom stereocenters. The summed E-state index contributed by atoms with van der Waals surface area (Å²) in [5, 5.41) is 4.12. The van der Waals surface area contributed by atoms with Crippen LogP contribution in [-0.4, -0.2) is 46.2 Å². The second kappa shape index (κ2) is 7.04. The Morgan fingerprint density at radius 1 is 1.42 bits per heavy atom. The van der Waals surface area contributed by atoms with Crippen molar-refractivity contribution >= 4 is 17.0 Å². The molecular formula is C14H17F3N4O3. The average molecular weight is 346 g/mol. The van der Waals surface area contributed by atoms with E-state index in [2.05, 4.69) is 10.1 Å². The number of halogens is 3. The molecule has 0 aliphatic heterocycles. The van der Waals surface area contributed by atoms with Crippen molar-refractivity contribution in [3.63, 3.8) is 0 Å². The van der Waals surface area contributed by atoms with Crippen LogP contribution in [0.25, 0.3) is 11.0 Å². The standard InChI is InChI=1S/C14H17F3N4O3/c1-3-23-13(22)9-6-19-12-8(7-20-21(12)2)11(9)24-10(4-5-18)14(15,16)17/h6-7,10H,3-5,18H2,1-2H3/t10-/m0/s1. The molecule has 0 aliphatic carbocycles. The van der Waals surface area contributed by atoms with E-state index in [0.717, 1.165) is 6.20 Å². The van der Waals surface area contributed by atoms with Crippen LogP contribution < -0.4 is 10.5 Å². The Morgan fingerprint density at radius 3 is 2.71 bits per heavy atom. The first kappa shape index (κ1) is 18.0. The van der Waals surface area contributed by atoms with E-state index in [0.29, 0.717) is 0 Å². The number of carbonyl (C=O) groups is 1. The lowest BCUT2D eigenvalue weighted by Crippen LogP contribution is -2.36. The van der Waals surface area contributed by atoms with Crippen LogP contribution in [-0.2, 0) is 11.8 Å². The molecule has 0 saturated carbocycles. The van der Waals surface area contributed by atoms with Crippen molar-refractivity contribution in [2.75, 3.05) is 13.2 Å². The van der Waals surface area contributed by atoms with Gasteiger partial charge in [-0.15, -0.1) is 0 Å². The fourth-order valence-electron chi connectivity index (χ4n) is 2.14. The molecule has 2 aromatic rings. The number of fused-ring (bicyclic) bond motifs is 1. The summed E-state index contributed by atoms with van der Waals surface area (Å²) in [6, 6.07) is 0. The summed E-state index contributed by atoms with van der Waals surface area (Å²) in [5.41, 5.74) is 5.33. The molecule has 0 aromatic carbocycles. The summed E-state index contributed by atoms with van der Waals surface area (Å²) < 4.78 is 50.8. The van der Waals surface area contributed by atoms with Gasteiger partial charge in [-0.25, -0.2) is 9.78 Å². The molecule has 7 nitrogen and oxygen atoms in total. The van der Waals surface area contributed by atoms with Crippen molar-refractivity contribution < 1.29 is 27.4 Å². The molecule has 2 heterocycles. The Balaban J connectivity index is 2.55. The zero-order valence-corrected chi connectivity index (χ0v) is 13.1. The fourth-order valence-corrected chi connectivity index (χ4v) is 2.14. The van der Waals surface area contributed by atoms with Crippen LogP contribution in [0.5, 0.6) is 5.75 Å². The average Bonchev–Trinajstić information content (AvgIpc) is 2.88. The minimum absolute atomic E-state index is 0.0643. The van der Waals surface area contributed by atoms with E-state index in [1.807, 2.05) is 0 Å². The smallest absolute Gasteiger partial charge is 0.425 e. The van der Waals surface area contributed by atoms with Gasteiger partial charge in [0.15, 0.2) is 11.8 Å². The number of nitrogens with two attached hydrogens (primary N) is 1. The molecule has 24 heavy (non-hydrogen) atoms. The molecule has 0 unspecified atom stereocenters. The molecule has 2 N–H and O–H groups in total. The number of carbonyl (C=O) groups excluding carboxylic acids is 1. The van der Waals surface area contributed by atoms with E-state index in [-0.39, 0.29) is 35.5 Å². The van der Waals surface area contributed by atoms with Gasteiger partial charge in [0.05, 0.1) is 18.2 Å². The lowest BCUT2D eigenvalue weighted by molar-refractivity contribution is -0.195. The highest BCUT2D eigenvalue weighted by molar-refractivity contribution is 5.98. The van der Waals surface area contributed by atoms with Crippen LogP contribution in [0.2, 0.25) is 0 Å². The topological polar surface area (TPSA) is 92.3 Å². The lowest BCUT2D eigenvalue weighted by atomic mass is 10.2. The van der Waals surface area contributed by atoms with Crippen molar-refractivity contribution in [2.24, 2.45) is 12.8 Å². The van der Waals surface area contributed by atoms with Gasteiger partial charge in [-0.05, 0) is 13.5 Å². The maximum absolute atomic E-state index is 13.1. The highest BCUT2D eigenvalue weighted by Gasteiger charge is 2.42. The summed E-state index contributed by atoms with van der Waals surface area (Å²) in [6.07, 6.45) is -4.83. The second-order valence-electron chi connectivity index (χ2n) is 4.95. The summed E-state index contributed by atoms with van der Waals surface area (Å²) in [7, 11) is 1.57. The molecule has 0 spiro atoms.